The van der Waals surface area contributed by atoms with Gasteiger partial charge in [-0.05, 0) is 49.4 Å². The lowest BCUT2D eigenvalue weighted by molar-refractivity contribution is 0.392. The van der Waals surface area contributed by atoms with Crippen molar-refractivity contribution in [1.29, 1.82) is 0 Å². The number of fused-ring (bicyclic) bond motifs is 1. The van der Waals surface area contributed by atoms with Crippen LogP contribution in [0.1, 0.15) is 41.5 Å². The molecular weight excluding hydrogens is 254 g/mol. The van der Waals surface area contributed by atoms with Gasteiger partial charge in [-0.1, -0.05) is 61.0 Å². The first kappa shape index (κ1) is 14.3. The van der Waals surface area contributed by atoms with Gasteiger partial charge in [-0.15, -0.1) is 0 Å². The van der Waals surface area contributed by atoms with Crippen LogP contribution in [0.4, 0.5) is 0 Å². The summed E-state index contributed by atoms with van der Waals surface area (Å²) in [5.41, 5.74) is 5.94. The first-order valence-electron chi connectivity index (χ1n) is 8.14. The van der Waals surface area contributed by atoms with E-state index in [1.54, 1.807) is 11.1 Å². The summed E-state index contributed by atoms with van der Waals surface area (Å²) >= 11 is 0. The number of rotatable bonds is 4. The van der Waals surface area contributed by atoms with E-state index >= 15 is 0 Å². The van der Waals surface area contributed by atoms with E-state index in [-0.39, 0.29) is 0 Å². The van der Waals surface area contributed by atoms with Crippen molar-refractivity contribution >= 4 is 0 Å². The molecule has 1 aliphatic rings. The second-order valence-electron chi connectivity index (χ2n) is 6.20. The van der Waals surface area contributed by atoms with Crippen LogP contribution in [0.15, 0.2) is 48.5 Å². The summed E-state index contributed by atoms with van der Waals surface area (Å²) in [5, 5.41) is 3.71. The monoisotopic (exact) mass is 279 g/mol. The molecule has 1 heteroatoms. The van der Waals surface area contributed by atoms with Gasteiger partial charge in [0.1, 0.15) is 0 Å². The number of nitrogens with one attached hydrogen (secondary N) is 1. The molecule has 0 fully saturated rings. The van der Waals surface area contributed by atoms with Crippen LogP contribution in [0.3, 0.4) is 0 Å². The van der Waals surface area contributed by atoms with Crippen LogP contribution in [0.2, 0.25) is 0 Å². The van der Waals surface area contributed by atoms with Crippen LogP contribution in [-0.2, 0) is 12.8 Å². The zero-order chi connectivity index (χ0) is 14.7. The van der Waals surface area contributed by atoms with Gasteiger partial charge in [0.2, 0.25) is 0 Å². The van der Waals surface area contributed by atoms with Gasteiger partial charge >= 0.3 is 0 Å². The lowest BCUT2D eigenvalue weighted by Gasteiger charge is -2.34. The third kappa shape index (κ3) is 3.19. The van der Waals surface area contributed by atoms with Gasteiger partial charge in [-0.2, -0.15) is 0 Å². The van der Waals surface area contributed by atoms with Crippen molar-refractivity contribution in [3.63, 3.8) is 0 Å². The predicted molar refractivity (Wildman–Crippen MR) is 89.9 cm³/mol. The number of likely N-dealkylation sites (N-methyl/N-ethyl adjacent to an activating group) is 1. The second-order valence-corrected chi connectivity index (χ2v) is 6.20. The summed E-state index contributed by atoms with van der Waals surface area (Å²) in [6.45, 7) is 5.46. The first-order valence-corrected chi connectivity index (χ1v) is 8.14. The minimum Gasteiger partial charge on any atom is -0.314 e. The molecule has 110 valence electrons. The second kappa shape index (κ2) is 6.44. The Kier molecular flexibility index (Phi) is 4.40. The third-order valence-corrected chi connectivity index (χ3v) is 4.67. The van der Waals surface area contributed by atoms with Crippen LogP contribution in [0.25, 0.3) is 0 Å². The molecule has 2 unspecified atom stereocenters. The molecule has 2 aromatic carbocycles. The molecular formula is C20H25N. The molecule has 21 heavy (non-hydrogen) atoms. The van der Waals surface area contributed by atoms with E-state index in [0.717, 1.165) is 13.0 Å². The van der Waals surface area contributed by atoms with Gasteiger partial charge in [-0.25, -0.2) is 0 Å². The van der Waals surface area contributed by atoms with E-state index in [0.29, 0.717) is 12.0 Å². The summed E-state index contributed by atoms with van der Waals surface area (Å²) in [4.78, 5) is 0. The molecule has 0 heterocycles. The standard InChI is InChI=1S/C20H25N/c1-3-21-20-12-10-17-13-15(2)9-11-18(17)19(20)14-16-7-5-4-6-8-16/h4-9,11,13,19-21H,3,10,12,14H2,1-2H3. The van der Waals surface area contributed by atoms with Crippen LogP contribution < -0.4 is 5.32 Å². The van der Waals surface area contributed by atoms with E-state index in [4.69, 9.17) is 0 Å². The Morgan fingerprint density at radius 1 is 1.10 bits per heavy atom. The molecule has 0 bridgehead atoms. The highest BCUT2D eigenvalue weighted by molar-refractivity contribution is 5.38. The highest BCUT2D eigenvalue weighted by atomic mass is 14.9. The van der Waals surface area contributed by atoms with Crippen LogP contribution in [0, 0.1) is 6.92 Å². The average molecular weight is 279 g/mol. The maximum Gasteiger partial charge on any atom is 0.0142 e. The van der Waals surface area contributed by atoms with Crippen molar-refractivity contribution in [1.82, 2.24) is 5.32 Å². The molecule has 1 N–H and O–H groups in total. The van der Waals surface area contributed by atoms with Crippen LogP contribution in [0.5, 0.6) is 0 Å². The molecule has 2 aromatic rings. The van der Waals surface area contributed by atoms with E-state index < -0.39 is 0 Å². The molecule has 0 spiro atoms. The van der Waals surface area contributed by atoms with Gasteiger partial charge in [-0.3, -0.25) is 0 Å². The molecule has 3 rings (SSSR count). The Balaban J connectivity index is 1.92. The van der Waals surface area contributed by atoms with Crippen molar-refractivity contribution < 1.29 is 0 Å². The van der Waals surface area contributed by atoms with Gasteiger partial charge in [0.15, 0.2) is 0 Å². The summed E-state index contributed by atoms with van der Waals surface area (Å²) < 4.78 is 0. The SMILES string of the molecule is CCNC1CCc2cc(C)ccc2C1Cc1ccccc1. The fourth-order valence-corrected chi connectivity index (χ4v) is 3.67. The number of hydrogen-bond donors (Lipinski definition) is 1. The molecule has 0 saturated carbocycles. The smallest absolute Gasteiger partial charge is 0.0142 e. The average Bonchev–Trinajstić information content (AvgIpc) is 2.50. The topological polar surface area (TPSA) is 12.0 Å². The van der Waals surface area contributed by atoms with Gasteiger partial charge in [0.25, 0.3) is 0 Å². The highest BCUT2D eigenvalue weighted by Gasteiger charge is 2.28. The molecule has 1 nitrogen and oxygen atoms in total. The third-order valence-electron chi connectivity index (χ3n) is 4.67. The maximum absolute atomic E-state index is 3.71. The molecule has 0 aliphatic heterocycles. The van der Waals surface area contributed by atoms with E-state index in [2.05, 4.69) is 67.7 Å². The van der Waals surface area contributed by atoms with E-state index in [1.807, 2.05) is 0 Å². The Bertz CT molecular complexity index is 588. The van der Waals surface area contributed by atoms with Crippen molar-refractivity contribution in [2.24, 2.45) is 0 Å². The van der Waals surface area contributed by atoms with Crippen LogP contribution in [-0.4, -0.2) is 12.6 Å². The zero-order valence-electron chi connectivity index (χ0n) is 13.1. The normalized spacial score (nSPS) is 21.0. The zero-order valence-corrected chi connectivity index (χ0v) is 13.1. The molecule has 2 atom stereocenters. The summed E-state index contributed by atoms with van der Waals surface area (Å²) in [7, 11) is 0. The minimum absolute atomic E-state index is 0.594. The first-order chi connectivity index (χ1) is 10.3. The number of aryl methyl sites for hydroxylation is 2. The van der Waals surface area contributed by atoms with Crippen molar-refractivity contribution in [3.05, 3.63) is 70.8 Å². The molecule has 0 saturated heterocycles. The Morgan fingerprint density at radius 3 is 2.67 bits per heavy atom. The Hall–Kier alpha value is -1.60. The lowest BCUT2D eigenvalue weighted by atomic mass is 9.76. The summed E-state index contributed by atoms with van der Waals surface area (Å²) in [6.07, 6.45) is 3.59. The van der Waals surface area contributed by atoms with Crippen molar-refractivity contribution in [3.8, 4) is 0 Å². The fraction of sp³-hybridized carbons (Fsp3) is 0.400. The Morgan fingerprint density at radius 2 is 1.90 bits per heavy atom. The summed E-state index contributed by atoms with van der Waals surface area (Å²) in [5.74, 6) is 0.594. The minimum atomic E-state index is 0.594. The molecule has 1 aliphatic carbocycles. The van der Waals surface area contributed by atoms with Crippen molar-refractivity contribution in [2.45, 2.75) is 45.1 Å². The fourth-order valence-electron chi connectivity index (χ4n) is 3.67. The Labute approximate surface area is 128 Å². The number of hydrogen-bond acceptors (Lipinski definition) is 1. The predicted octanol–water partition coefficient (Wildman–Crippen LogP) is 4.25. The molecule has 0 radical (unpaired) electrons. The van der Waals surface area contributed by atoms with Gasteiger partial charge < -0.3 is 5.32 Å². The summed E-state index contributed by atoms with van der Waals surface area (Å²) in [6, 6.07) is 18.5. The van der Waals surface area contributed by atoms with E-state index in [9.17, 15) is 0 Å². The van der Waals surface area contributed by atoms with Gasteiger partial charge in [0, 0.05) is 12.0 Å². The highest BCUT2D eigenvalue weighted by Crippen LogP contribution is 2.35. The molecule has 0 amide bonds. The van der Waals surface area contributed by atoms with Crippen molar-refractivity contribution in [2.75, 3.05) is 6.54 Å². The van der Waals surface area contributed by atoms with Crippen LogP contribution >= 0.6 is 0 Å². The maximum atomic E-state index is 3.71. The lowest BCUT2D eigenvalue weighted by Crippen LogP contribution is -2.39. The molecule has 0 aromatic heterocycles. The largest absolute Gasteiger partial charge is 0.314 e. The van der Waals surface area contributed by atoms with Gasteiger partial charge in [0.05, 0.1) is 0 Å². The number of benzene rings is 2. The quantitative estimate of drug-likeness (QED) is 0.882. The van der Waals surface area contributed by atoms with E-state index in [1.165, 1.54) is 24.0 Å².